The third kappa shape index (κ3) is 3.86. The maximum absolute atomic E-state index is 12.8. The Balaban J connectivity index is 0.00000192. The molecule has 0 spiro atoms. The normalized spacial score (nSPS) is 22.7. The average molecular weight is 342 g/mol. The van der Waals surface area contributed by atoms with Crippen LogP contribution in [0.1, 0.15) is 61.3 Å². The zero-order chi connectivity index (χ0) is 15.5. The van der Waals surface area contributed by atoms with E-state index in [9.17, 15) is 4.79 Å². The Morgan fingerprint density at radius 1 is 1.30 bits per heavy atom. The summed E-state index contributed by atoms with van der Waals surface area (Å²) in [6.07, 6.45) is 5.59. The van der Waals surface area contributed by atoms with Crippen LogP contribution >= 0.6 is 12.4 Å². The lowest BCUT2D eigenvalue weighted by Crippen LogP contribution is -2.40. The Bertz CT molecular complexity index is 527. The van der Waals surface area contributed by atoms with Gasteiger partial charge in [0.1, 0.15) is 0 Å². The highest BCUT2D eigenvalue weighted by Crippen LogP contribution is 2.23. The maximum atomic E-state index is 12.8. The molecular formula is C16H28ClN5O. The molecule has 1 atom stereocenters. The van der Waals surface area contributed by atoms with Gasteiger partial charge in [-0.15, -0.1) is 17.5 Å². The van der Waals surface area contributed by atoms with E-state index in [1.807, 2.05) is 16.5 Å². The molecule has 1 aromatic rings. The van der Waals surface area contributed by atoms with E-state index in [-0.39, 0.29) is 18.3 Å². The summed E-state index contributed by atoms with van der Waals surface area (Å²) in [7, 11) is 0. The van der Waals surface area contributed by atoms with Crippen molar-refractivity contribution in [1.29, 1.82) is 0 Å². The largest absolute Gasteiger partial charge is 0.337 e. The van der Waals surface area contributed by atoms with Crippen LogP contribution in [0.3, 0.4) is 0 Å². The smallest absolute Gasteiger partial charge is 0.276 e. The van der Waals surface area contributed by atoms with Gasteiger partial charge in [0, 0.05) is 13.1 Å². The van der Waals surface area contributed by atoms with Crippen molar-refractivity contribution in [2.24, 2.45) is 5.92 Å². The average Bonchev–Trinajstić information content (AvgIpc) is 2.96. The van der Waals surface area contributed by atoms with Crippen molar-refractivity contribution in [3.63, 3.8) is 0 Å². The molecule has 130 valence electrons. The summed E-state index contributed by atoms with van der Waals surface area (Å²) < 4.78 is 1.97. The number of nitrogens with one attached hydrogen (secondary N) is 1. The second-order valence-corrected chi connectivity index (χ2v) is 6.62. The monoisotopic (exact) mass is 341 g/mol. The molecule has 0 aliphatic carbocycles. The maximum Gasteiger partial charge on any atom is 0.276 e. The third-order valence-corrected chi connectivity index (χ3v) is 5.17. The summed E-state index contributed by atoms with van der Waals surface area (Å²) >= 11 is 0. The number of likely N-dealkylation sites (tertiary alicyclic amines) is 1. The Labute approximate surface area is 144 Å². The number of aromatic nitrogens is 3. The minimum absolute atomic E-state index is 0. The van der Waals surface area contributed by atoms with Gasteiger partial charge in [0.25, 0.3) is 5.91 Å². The summed E-state index contributed by atoms with van der Waals surface area (Å²) in [6, 6.07) is 0.375. The molecule has 2 saturated heterocycles. The lowest BCUT2D eigenvalue weighted by molar-refractivity contribution is 0.0664. The van der Waals surface area contributed by atoms with Crippen LogP contribution in [0.2, 0.25) is 0 Å². The first-order valence-electron chi connectivity index (χ1n) is 8.62. The van der Waals surface area contributed by atoms with E-state index in [0.29, 0.717) is 17.7 Å². The van der Waals surface area contributed by atoms with Gasteiger partial charge in [0.15, 0.2) is 5.69 Å². The van der Waals surface area contributed by atoms with Crippen molar-refractivity contribution in [1.82, 2.24) is 25.2 Å². The van der Waals surface area contributed by atoms with Gasteiger partial charge in [-0.25, -0.2) is 4.68 Å². The van der Waals surface area contributed by atoms with Crippen LogP contribution in [0, 0.1) is 12.8 Å². The van der Waals surface area contributed by atoms with E-state index < -0.39 is 0 Å². The molecule has 7 heteroatoms. The van der Waals surface area contributed by atoms with Crippen LogP contribution in [0.15, 0.2) is 0 Å². The molecule has 23 heavy (non-hydrogen) atoms. The summed E-state index contributed by atoms with van der Waals surface area (Å²) in [5, 5.41) is 11.9. The predicted octanol–water partition coefficient (Wildman–Crippen LogP) is 2.20. The van der Waals surface area contributed by atoms with Crippen LogP contribution in [0.5, 0.6) is 0 Å². The number of carbonyl (C=O) groups excluding carboxylic acids is 1. The molecule has 1 N–H and O–H groups in total. The fourth-order valence-corrected chi connectivity index (χ4v) is 3.67. The molecule has 3 rings (SSSR count). The highest BCUT2D eigenvalue weighted by Gasteiger charge is 2.28. The summed E-state index contributed by atoms with van der Waals surface area (Å²) in [5.74, 6) is 0.702. The van der Waals surface area contributed by atoms with E-state index in [1.54, 1.807) is 0 Å². The van der Waals surface area contributed by atoms with Crippen LogP contribution in [-0.4, -0.2) is 52.0 Å². The van der Waals surface area contributed by atoms with Gasteiger partial charge < -0.3 is 10.2 Å². The van der Waals surface area contributed by atoms with Gasteiger partial charge in [-0.3, -0.25) is 4.79 Å². The molecule has 0 bridgehead atoms. The molecule has 0 radical (unpaired) electrons. The number of amides is 1. The standard InChI is InChI=1S/C16H27N5O.ClH/c1-3-13-5-4-10-20(11-13)16(22)15-12(2)21(19-18-15)14-6-8-17-9-7-14;/h13-14,17H,3-11H2,1-2H3;1H. The third-order valence-electron chi connectivity index (χ3n) is 5.17. The van der Waals surface area contributed by atoms with Gasteiger partial charge >= 0.3 is 0 Å². The second-order valence-electron chi connectivity index (χ2n) is 6.62. The van der Waals surface area contributed by atoms with E-state index in [4.69, 9.17) is 0 Å². The summed E-state index contributed by atoms with van der Waals surface area (Å²) in [4.78, 5) is 14.7. The highest BCUT2D eigenvalue weighted by atomic mass is 35.5. The zero-order valence-corrected chi connectivity index (χ0v) is 14.9. The fraction of sp³-hybridized carbons (Fsp3) is 0.812. The van der Waals surface area contributed by atoms with Gasteiger partial charge in [0.05, 0.1) is 11.7 Å². The van der Waals surface area contributed by atoms with Crippen molar-refractivity contribution in [2.75, 3.05) is 26.2 Å². The molecule has 1 unspecified atom stereocenters. The van der Waals surface area contributed by atoms with Crippen molar-refractivity contribution in [3.05, 3.63) is 11.4 Å². The van der Waals surface area contributed by atoms with Gasteiger partial charge in [-0.2, -0.15) is 0 Å². The number of hydrogen-bond acceptors (Lipinski definition) is 4. The number of nitrogens with zero attached hydrogens (tertiary/aromatic N) is 4. The minimum atomic E-state index is 0. The molecule has 2 aliphatic heterocycles. The van der Waals surface area contributed by atoms with Gasteiger partial charge in [0.2, 0.25) is 0 Å². The number of hydrogen-bond donors (Lipinski definition) is 1. The lowest BCUT2D eigenvalue weighted by atomic mass is 9.95. The molecular weight excluding hydrogens is 314 g/mol. The van der Waals surface area contributed by atoms with Crippen LogP contribution < -0.4 is 5.32 Å². The Kier molecular flexibility index (Phi) is 6.41. The first-order chi connectivity index (χ1) is 10.7. The molecule has 1 aromatic heterocycles. The number of carbonyl (C=O) groups is 1. The van der Waals surface area contributed by atoms with Gasteiger partial charge in [-0.1, -0.05) is 18.6 Å². The second kappa shape index (κ2) is 8.11. The lowest BCUT2D eigenvalue weighted by Gasteiger charge is -2.32. The molecule has 2 fully saturated rings. The molecule has 3 heterocycles. The summed E-state index contributed by atoms with van der Waals surface area (Å²) in [6.45, 7) is 7.94. The van der Waals surface area contributed by atoms with E-state index in [0.717, 1.165) is 57.6 Å². The van der Waals surface area contributed by atoms with E-state index >= 15 is 0 Å². The molecule has 1 amide bonds. The van der Waals surface area contributed by atoms with Gasteiger partial charge in [-0.05, 0) is 51.6 Å². The SMILES string of the molecule is CCC1CCCN(C(=O)c2nnn(C3CCNCC3)c2C)C1.Cl. The highest BCUT2D eigenvalue weighted by molar-refractivity contribution is 5.93. The first kappa shape index (κ1) is 18.2. The van der Waals surface area contributed by atoms with Crippen molar-refractivity contribution in [3.8, 4) is 0 Å². The number of piperidine rings is 2. The quantitative estimate of drug-likeness (QED) is 0.915. The van der Waals surface area contributed by atoms with Crippen molar-refractivity contribution >= 4 is 18.3 Å². The molecule has 0 aromatic carbocycles. The summed E-state index contributed by atoms with van der Waals surface area (Å²) in [5.41, 5.74) is 1.48. The van der Waals surface area contributed by atoms with Crippen LogP contribution in [0.25, 0.3) is 0 Å². The van der Waals surface area contributed by atoms with Crippen LogP contribution in [-0.2, 0) is 0 Å². The zero-order valence-electron chi connectivity index (χ0n) is 14.1. The predicted molar refractivity (Wildman–Crippen MR) is 92.1 cm³/mol. The molecule has 2 aliphatic rings. The number of rotatable bonds is 3. The van der Waals surface area contributed by atoms with E-state index in [1.165, 1.54) is 6.42 Å². The fourth-order valence-electron chi connectivity index (χ4n) is 3.67. The minimum Gasteiger partial charge on any atom is -0.337 e. The Morgan fingerprint density at radius 2 is 2.04 bits per heavy atom. The topological polar surface area (TPSA) is 63.1 Å². The first-order valence-corrected chi connectivity index (χ1v) is 8.62. The van der Waals surface area contributed by atoms with E-state index in [2.05, 4.69) is 22.6 Å². The number of halogens is 1. The molecule has 0 saturated carbocycles. The molecule has 6 nitrogen and oxygen atoms in total. The Hall–Kier alpha value is -1.14. The van der Waals surface area contributed by atoms with Crippen molar-refractivity contribution in [2.45, 2.75) is 52.0 Å². The van der Waals surface area contributed by atoms with Crippen LogP contribution in [0.4, 0.5) is 0 Å². The Morgan fingerprint density at radius 3 is 2.74 bits per heavy atom. The van der Waals surface area contributed by atoms with Crippen molar-refractivity contribution < 1.29 is 4.79 Å².